The molecule has 3 aromatic rings. The van der Waals surface area contributed by atoms with Crippen LogP contribution in [0.3, 0.4) is 0 Å². The summed E-state index contributed by atoms with van der Waals surface area (Å²) in [5.74, 6) is 0. The summed E-state index contributed by atoms with van der Waals surface area (Å²) >= 11 is 0. The van der Waals surface area contributed by atoms with E-state index in [1.54, 1.807) is 0 Å². The quantitative estimate of drug-likeness (QED) is 0.668. The van der Waals surface area contributed by atoms with E-state index in [9.17, 15) is 10.2 Å². The highest BCUT2D eigenvalue weighted by Gasteiger charge is 2.62. The molecular formula is C20H14O4. The fourth-order valence-electron chi connectivity index (χ4n) is 4.58. The van der Waals surface area contributed by atoms with Crippen molar-refractivity contribution in [2.75, 3.05) is 0 Å². The number of rotatable bonds is 0. The van der Waals surface area contributed by atoms with E-state index in [0.717, 1.165) is 38.6 Å². The first-order valence-corrected chi connectivity index (χ1v) is 8.06. The van der Waals surface area contributed by atoms with E-state index < -0.39 is 24.3 Å². The van der Waals surface area contributed by atoms with Crippen molar-refractivity contribution in [2.24, 2.45) is 0 Å². The molecule has 0 radical (unpaired) electrons. The Morgan fingerprint density at radius 2 is 1.67 bits per heavy atom. The molecule has 4 nitrogen and oxygen atoms in total. The first kappa shape index (κ1) is 13.1. The molecule has 2 aliphatic heterocycles. The van der Waals surface area contributed by atoms with Crippen LogP contribution in [0.1, 0.15) is 29.1 Å². The van der Waals surface area contributed by atoms with Crippen LogP contribution in [0.15, 0.2) is 54.6 Å². The lowest BCUT2D eigenvalue weighted by Crippen LogP contribution is -2.46. The number of aliphatic hydroxyl groups is 2. The molecule has 6 rings (SSSR count). The summed E-state index contributed by atoms with van der Waals surface area (Å²) in [6.45, 7) is 0. The molecule has 4 unspecified atom stereocenters. The molecule has 3 aromatic carbocycles. The zero-order valence-corrected chi connectivity index (χ0v) is 12.6. The van der Waals surface area contributed by atoms with Gasteiger partial charge in [-0.25, -0.2) is 0 Å². The second-order valence-corrected chi connectivity index (χ2v) is 6.65. The third-order valence-corrected chi connectivity index (χ3v) is 5.60. The van der Waals surface area contributed by atoms with E-state index in [2.05, 4.69) is 6.07 Å². The summed E-state index contributed by atoms with van der Waals surface area (Å²) in [4.78, 5) is 0. The SMILES string of the molecule is OC1OC2OC13c1c(ccc4cccc2c14)-c1ccccc1C3O. The number of benzene rings is 3. The smallest absolute Gasteiger partial charge is 0.194 e. The van der Waals surface area contributed by atoms with Gasteiger partial charge >= 0.3 is 0 Å². The molecule has 3 aliphatic rings. The van der Waals surface area contributed by atoms with Crippen LogP contribution in [-0.2, 0) is 15.1 Å². The van der Waals surface area contributed by atoms with Crippen molar-refractivity contribution < 1.29 is 19.7 Å². The van der Waals surface area contributed by atoms with E-state index in [0.29, 0.717) is 0 Å². The summed E-state index contributed by atoms with van der Waals surface area (Å²) in [7, 11) is 0. The monoisotopic (exact) mass is 318 g/mol. The van der Waals surface area contributed by atoms with Crippen molar-refractivity contribution in [2.45, 2.75) is 24.3 Å². The van der Waals surface area contributed by atoms with Gasteiger partial charge in [0, 0.05) is 11.1 Å². The van der Waals surface area contributed by atoms with Gasteiger partial charge in [0.25, 0.3) is 0 Å². The summed E-state index contributed by atoms with van der Waals surface area (Å²) in [6, 6.07) is 17.8. The van der Waals surface area contributed by atoms with Gasteiger partial charge < -0.3 is 19.7 Å². The Morgan fingerprint density at radius 3 is 2.58 bits per heavy atom. The van der Waals surface area contributed by atoms with Crippen molar-refractivity contribution in [3.8, 4) is 11.1 Å². The zero-order valence-electron chi connectivity index (χ0n) is 12.6. The molecule has 4 heteroatoms. The molecule has 2 bridgehead atoms. The number of aliphatic hydroxyl groups excluding tert-OH is 2. The molecule has 24 heavy (non-hydrogen) atoms. The molecule has 2 heterocycles. The third kappa shape index (κ3) is 1.24. The predicted molar refractivity (Wildman–Crippen MR) is 86.9 cm³/mol. The highest BCUT2D eigenvalue weighted by molar-refractivity contribution is 5.97. The first-order valence-electron chi connectivity index (χ1n) is 8.06. The van der Waals surface area contributed by atoms with Crippen LogP contribution >= 0.6 is 0 Å². The van der Waals surface area contributed by atoms with E-state index in [4.69, 9.17) is 9.47 Å². The van der Waals surface area contributed by atoms with Gasteiger partial charge in [-0.15, -0.1) is 0 Å². The Balaban J connectivity index is 1.87. The minimum atomic E-state index is -1.28. The summed E-state index contributed by atoms with van der Waals surface area (Å²) < 4.78 is 11.8. The van der Waals surface area contributed by atoms with E-state index >= 15 is 0 Å². The van der Waals surface area contributed by atoms with Gasteiger partial charge in [0.15, 0.2) is 18.2 Å². The predicted octanol–water partition coefficient (Wildman–Crippen LogP) is 3.13. The standard InChI is InChI=1S/C20H14O4/c21-17-13-6-2-1-5-11(13)12-9-8-10-4-3-7-14-15(10)16(12)20(17)19(22)23-18(14)24-20/h1-9,17-19,21-22H. The van der Waals surface area contributed by atoms with E-state index in [1.165, 1.54) is 0 Å². The number of ether oxygens (including phenoxy) is 2. The number of hydrogen-bond acceptors (Lipinski definition) is 4. The summed E-state index contributed by atoms with van der Waals surface area (Å²) in [5, 5.41) is 23.9. The Hall–Kier alpha value is -2.24. The molecule has 1 aliphatic carbocycles. The Kier molecular flexibility index (Phi) is 2.21. The van der Waals surface area contributed by atoms with Crippen LogP contribution in [0.2, 0.25) is 0 Å². The second kappa shape index (κ2) is 4.05. The van der Waals surface area contributed by atoms with Gasteiger partial charge in [0.2, 0.25) is 0 Å². The lowest BCUT2D eigenvalue weighted by Gasteiger charge is -2.43. The van der Waals surface area contributed by atoms with Crippen molar-refractivity contribution in [1.29, 1.82) is 0 Å². The fourth-order valence-corrected chi connectivity index (χ4v) is 4.58. The van der Waals surface area contributed by atoms with Crippen LogP contribution in [0.5, 0.6) is 0 Å². The molecule has 0 aromatic heterocycles. The fraction of sp³-hybridized carbons (Fsp3) is 0.200. The zero-order chi connectivity index (χ0) is 16.1. The lowest BCUT2D eigenvalue weighted by atomic mass is 9.70. The molecule has 118 valence electrons. The van der Waals surface area contributed by atoms with Crippen molar-refractivity contribution in [1.82, 2.24) is 0 Å². The van der Waals surface area contributed by atoms with Gasteiger partial charge in [-0.2, -0.15) is 0 Å². The molecule has 1 saturated heterocycles. The van der Waals surface area contributed by atoms with Gasteiger partial charge in [-0.3, -0.25) is 0 Å². The summed E-state index contributed by atoms with van der Waals surface area (Å²) in [6.07, 6.45) is -2.87. The average Bonchev–Trinajstić information content (AvgIpc) is 2.91. The van der Waals surface area contributed by atoms with Gasteiger partial charge in [-0.1, -0.05) is 54.6 Å². The summed E-state index contributed by atoms with van der Waals surface area (Å²) in [5.41, 5.74) is 3.18. The van der Waals surface area contributed by atoms with Crippen molar-refractivity contribution in [3.05, 3.63) is 71.3 Å². The maximum atomic E-state index is 11.1. The van der Waals surface area contributed by atoms with E-state index in [1.807, 2.05) is 48.5 Å². The Labute approximate surface area is 137 Å². The molecule has 4 atom stereocenters. The van der Waals surface area contributed by atoms with E-state index in [-0.39, 0.29) is 0 Å². The van der Waals surface area contributed by atoms with Gasteiger partial charge in [0.05, 0.1) is 0 Å². The largest absolute Gasteiger partial charge is 0.385 e. The van der Waals surface area contributed by atoms with Crippen LogP contribution in [0, 0.1) is 0 Å². The van der Waals surface area contributed by atoms with Crippen molar-refractivity contribution >= 4 is 10.8 Å². The second-order valence-electron chi connectivity index (χ2n) is 6.65. The molecular weight excluding hydrogens is 304 g/mol. The molecule has 2 N–H and O–H groups in total. The highest BCUT2D eigenvalue weighted by atomic mass is 16.8. The Morgan fingerprint density at radius 1 is 0.833 bits per heavy atom. The maximum Gasteiger partial charge on any atom is 0.194 e. The third-order valence-electron chi connectivity index (χ3n) is 5.60. The highest BCUT2D eigenvalue weighted by Crippen LogP contribution is 2.62. The van der Waals surface area contributed by atoms with Crippen LogP contribution in [-0.4, -0.2) is 16.5 Å². The normalized spacial score (nSPS) is 32.0. The molecule has 1 fully saturated rings. The minimum absolute atomic E-state index is 0.661. The maximum absolute atomic E-state index is 11.1. The topological polar surface area (TPSA) is 58.9 Å². The van der Waals surface area contributed by atoms with Crippen molar-refractivity contribution in [3.63, 3.8) is 0 Å². The Bertz CT molecular complexity index is 1030. The van der Waals surface area contributed by atoms with Crippen LogP contribution in [0.4, 0.5) is 0 Å². The molecule has 1 spiro atoms. The average molecular weight is 318 g/mol. The van der Waals surface area contributed by atoms with Crippen LogP contribution < -0.4 is 0 Å². The molecule has 0 amide bonds. The number of fused-ring (bicyclic) bond motifs is 4. The molecule has 0 saturated carbocycles. The van der Waals surface area contributed by atoms with Gasteiger partial charge in [0.1, 0.15) is 6.10 Å². The van der Waals surface area contributed by atoms with Gasteiger partial charge in [-0.05, 0) is 27.5 Å². The first-order chi connectivity index (χ1) is 11.7. The minimum Gasteiger partial charge on any atom is -0.385 e. The lowest BCUT2D eigenvalue weighted by molar-refractivity contribution is -0.166. The number of hydrogen-bond donors (Lipinski definition) is 2. The van der Waals surface area contributed by atoms with Crippen LogP contribution in [0.25, 0.3) is 21.9 Å².